The third-order valence-corrected chi connectivity index (χ3v) is 4.44. The molecule has 0 saturated heterocycles. The molecule has 0 aliphatic rings. The van der Waals surface area contributed by atoms with Crippen molar-refractivity contribution in [1.82, 2.24) is 9.97 Å². The van der Waals surface area contributed by atoms with Gasteiger partial charge in [-0.15, -0.1) is 0 Å². The van der Waals surface area contributed by atoms with E-state index >= 15 is 0 Å². The molecule has 0 atom stereocenters. The molecule has 2 aromatic carbocycles. The Bertz CT molecular complexity index is 1010. The van der Waals surface area contributed by atoms with Gasteiger partial charge in [0.15, 0.2) is 0 Å². The standard InChI is InChI=1S/C19H15ClN2/c1-11-6-7-17-15(10-11)18(12(2)22-17)13-8-9-21-19-14(13)4-3-5-16(19)20/h3-10,22H,1-2H3. The predicted molar refractivity (Wildman–Crippen MR) is 93.5 cm³/mol. The molecule has 2 heterocycles. The number of halogens is 1. The van der Waals surface area contributed by atoms with Crippen molar-refractivity contribution in [2.24, 2.45) is 0 Å². The number of fused-ring (bicyclic) bond motifs is 2. The highest BCUT2D eigenvalue weighted by atomic mass is 35.5. The maximum Gasteiger partial charge on any atom is 0.0894 e. The summed E-state index contributed by atoms with van der Waals surface area (Å²) in [5, 5.41) is 3.01. The Morgan fingerprint density at radius 3 is 2.73 bits per heavy atom. The van der Waals surface area contributed by atoms with Crippen LogP contribution in [-0.4, -0.2) is 9.97 Å². The van der Waals surface area contributed by atoms with Crippen LogP contribution in [0.25, 0.3) is 32.9 Å². The van der Waals surface area contributed by atoms with E-state index in [0.29, 0.717) is 5.02 Å². The molecule has 2 nitrogen and oxygen atoms in total. The van der Waals surface area contributed by atoms with Gasteiger partial charge in [-0.25, -0.2) is 0 Å². The second-order valence-corrected chi connectivity index (χ2v) is 6.08. The zero-order chi connectivity index (χ0) is 15.3. The molecule has 0 amide bonds. The zero-order valence-corrected chi connectivity index (χ0v) is 13.2. The van der Waals surface area contributed by atoms with E-state index in [1.165, 1.54) is 22.1 Å². The van der Waals surface area contributed by atoms with Crippen LogP contribution < -0.4 is 0 Å². The van der Waals surface area contributed by atoms with Crippen molar-refractivity contribution in [3.63, 3.8) is 0 Å². The Hall–Kier alpha value is -2.32. The quantitative estimate of drug-likeness (QED) is 0.483. The van der Waals surface area contributed by atoms with Crippen LogP contribution in [-0.2, 0) is 0 Å². The van der Waals surface area contributed by atoms with Gasteiger partial charge < -0.3 is 4.98 Å². The number of nitrogens with zero attached hydrogens (tertiary/aromatic N) is 1. The number of pyridine rings is 1. The summed E-state index contributed by atoms with van der Waals surface area (Å²) in [7, 11) is 0. The topological polar surface area (TPSA) is 28.7 Å². The van der Waals surface area contributed by atoms with Gasteiger partial charge in [0.25, 0.3) is 0 Å². The maximum atomic E-state index is 6.30. The molecule has 3 heteroatoms. The molecule has 0 aliphatic heterocycles. The van der Waals surface area contributed by atoms with Crippen LogP contribution in [0.5, 0.6) is 0 Å². The molecule has 0 bridgehead atoms. The Labute approximate surface area is 133 Å². The number of H-pyrrole nitrogens is 1. The average molecular weight is 307 g/mol. The van der Waals surface area contributed by atoms with Gasteiger partial charge in [0, 0.05) is 33.7 Å². The van der Waals surface area contributed by atoms with E-state index in [4.69, 9.17) is 11.6 Å². The third kappa shape index (κ3) is 1.92. The molecular weight excluding hydrogens is 292 g/mol. The van der Waals surface area contributed by atoms with E-state index in [0.717, 1.165) is 22.1 Å². The molecule has 2 aromatic heterocycles. The Morgan fingerprint density at radius 2 is 1.86 bits per heavy atom. The van der Waals surface area contributed by atoms with Crippen LogP contribution in [0.2, 0.25) is 5.02 Å². The van der Waals surface area contributed by atoms with Crippen molar-refractivity contribution < 1.29 is 0 Å². The van der Waals surface area contributed by atoms with E-state index in [1.807, 2.05) is 18.3 Å². The summed E-state index contributed by atoms with van der Waals surface area (Å²) < 4.78 is 0. The van der Waals surface area contributed by atoms with Crippen molar-refractivity contribution in [1.29, 1.82) is 0 Å². The summed E-state index contributed by atoms with van der Waals surface area (Å²) in [5.74, 6) is 0. The minimum atomic E-state index is 0.688. The summed E-state index contributed by atoms with van der Waals surface area (Å²) >= 11 is 6.30. The highest BCUT2D eigenvalue weighted by Crippen LogP contribution is 2.37. The van der Waals surface area contributed by atoms with Crippen LogP contribution in [0.1, 0.15) is 11.3 Å². The molecule has 0 fully saturated rings. The first-order chi connectivity index (χ1) is 10.6. The molecule has 4 aromatic rings. The molecule has 108 valence electrons. The lowest BCUT2D eigenvalue weighted by atomic mass is 9.98. The first-order valence-corrected chi connectivity index (χ1v) is 7.65. The number of nitrogens with one attached hydrogen (secondary N) is 1. The summed E-state index contributed by atoms with van der Waals surface area (Å²) in [6.07, 6.45) is 1.83. The summed E-state index contributed by atoms with van der Waals surface area (Å²) in [5.41, 5.74) is 6.82. The van der Waals surface area contributed by atoms with Crippen molar-refractivity contribution in [3.05, 3.63) is 64.9 Å². The number of benzene rings is 2. The molecule has 0 radical (unpaired) electrons. The number of rotatable bonds is 1. The number of aromatic nitrogens is 2. The second kappa shape index (κ2) is 4.85. The maximum absolute atomic E-state index is 6.30. The van der Waals surface area contributed by atoms with E-state index in [9.17, 15) is 0 Å². The number of para-hydroxylation sites is 1. The number of hydrogen-bond donors (Lipinski definition) is 1. The fourth-order valence-corrected chi connectivity index (χ4v) is 3.37. The fourth-order valence-electron chi connectivity index (χ4n) is 3.15. The smallest absolute Gasteiger partial charge is 0.0894 e. The van der Waals surface area contributed by atoms with Gasteiger partial charge in [0.1, 0.15) is 0 Å². The second-order valence-electron chi connectivity index (χ2n) is 5.67. The van der Waals surface area contributed by atoms with E-state index < -0.39 is 0 Å². The zero-order valence-electron chi connectivity index (χ0n) is 12.4. The minimum absolute atomic E-state index is 0.688. The van der Waals surface area contributed by atoms with Crippen molar-refractivity contribution in [2.45, 2.75) is 13.8 Å². The molecular formula is C19H15ClN2. The Balaban J connectivity index is 2.14. The first kappa shape index (κ1) is 13.4. The Morgan fingerprint density at radius 1 is 1.00 bits per heavy atom. The summed E-state index contributed by atoms with van der Waals surface area (Å²) in [6.45, 7) is 4.23. The van der Waals surface area contributed by atoms with Crippen molar-refractivity contribution in [2.75, 3.05) is 0 Å². The molecule has 4 rings (SSSR count). The molecule has 0 spiro atoms. The van der Waals surface area contributed by atoms with Crippen LogP contribution >= 0.6 is 11.6 Å². The lowest BCUT2D eigenvalue weighted by Crippen LogP contribution is -1.86. The van der Waals surface area contributed by atoms with Crippen LogP contribution in [0.15, 0.2) is 48.7 Å². The molecule has 0 aliphatic carbocycles. The van der Waals surface area contributed by atoms with E-state index in [-0.39, 0.29) is 0 Å². The van der Waals surface area contributed by atoms with Gasteiger partial charge in [-0.2, -0.15) is 0 Å². The van der Waals surface area contributed by atoms with Gasteiger partial charge >= 0.3 is 0 Å². The third-order valence-electron chi connectivity index (χ3n) is 4.13. The van der Waals surface area contributed by atoms with Gasteiger partial charge in [-0.05, 0) is 43.7 Å². The SMILES string of the molecule is Cc1ccc2[nH]c(C)c(-c3ccnc4c(Cl)cccc34)c2c1. The summed E-state index contributed by atoms with van der Waals surface area (Å²) in [6, 6.07) is 14.5. The van der Waals surface area contributed by atoms with Gasteiger partial charge in [0.2, 0.25) is 0 Å². The molecule has 22 heavy (non-hydrogen) atoms. The molecule has 0 saturated carbocycles. The van der Waals surface area contributed by atoms with Crippen molar-refractivity contribution >= 4 is 33.4 Å². The number of hydrogen-bond acceptors (Lipinski definition) is 1. The highest BCUT2D eigenvalue weighted by molar-refractivity contribution is 6.35. The highest BCUT2D eigenvalue weighted by Gasteiger charge is 2.14. The van der Waals surface area contributed by atoms with Gasteiger partial charge in [-0.3, -0.25) is 4.98 Å². The lowest BCUT2D eigenvalue weighted by molar-refractivity contribution is 1.30. The molecule has 0 unspecified atom stereocenters. The normalized spacial score (nSPS) is 11.4. The monoisotopic (exact) mass is 306 g/mol. The van der Waals surface area contributed by atoms with E-state index in [2.05, 4.69) is 54.1 Å². The predicted octanol–water partition coefficient (Wildman–Crippen LogP) is 5.65. The minimum Gasteiger partial charge on any atom is -0.358 e. The van der Waals surface area contributed by atoms with E-state index in [1.54, 1.807) is 0 Å². The summed E-state index contributed by atoms with van der Waals surface area (Å²) in [4.78, 5) is 7.92. The van der Waals surface area contributed by atoms with Crippen LogP contribution in [0, 0.1) is 13.8 Å². The van der Waals surface area contributed by atoms with Crippen molar-refractivity contribution in [3.8, 4) is 11.1 Å². The largest absolute Gasteiger partial charge is 0.358 e. The number of aromatic amines is 1. The average Bonchev–Trinajstić information content (AvgIpc) is 2.82. The Kier molecular flexibility index (Phi) is 2.95. The van der Waals surface area contributed by atoms with Crippen LogP contribution in [0.3, 0.4) is 0 Å². The molecule has 1 N–H and O–H groups in total. The van der Waals surface area contributed by atoms with Gasteiger partial charge in [0.05, 0.1) is 10.5 Å². The van der Waals surface area contributed by atoms with Gasteiger partial charge in [-0.1, -0.05) is 35.4 Å². The van der Waals surface area contributed by atoms with Crippen LogP contribution in [0.4, 0.5) is 0 Å². The fraction of sp³-hybridized carbons (Fsp3) is 0.105. The first-order valence-electron chi connectivity index (χ1n) is 7.27. The lowest BCUT2D eigenvalue weighted by Gasteiger charge is -2.08. The number of aryl methyl sites for hydroxylation is 2.